The SMILES string of the molecule is Cl.N[C@@H]1CCCN(c2ccc(C(F)(F)F)c(F)c2)C1. The standard InChI is InChI=1S/C12H14F4N2.ClH/c13-11-6-9(3-4-10(11)12(14,15)16)18-5-1-2-8(17)7-18;/h3-4,6,8H,1-2,5,7,17H2;1H/t8-;/m1./s1. The zero-order chi connectivity index (χ0) is 13.3. The number of nitrogens with zero attached hydrogens (tertiary/aromatic N) is 1. The highest BCUT2D eigenvalue weighted by Crippen LogP contribution is 2.33. The van der Waals surface area contributed by atoms with Gasteiger partial charge in [0.1, 0.15) is 5.82 Å². The van der Waals surface area contributed by atoms with Crippen LogP contribution < -0.4 is 10.6 Å². The van der Waals surface area contributed by atoms with Crippen LogP contribution in [0.2, 0.25) is 0 Å². The van der Waals surface area contributed by atoms with Crippen LogP contribution in [0.4, 0.5) is 23.2 Å². The molecule has 2 nitrogen and oxygen atoms in total. The lowest BCUT2D eigenvalue weighted by Crippen LogP contribution is -2.42. The number of nitrogens with two attached hydrogens (primary N) is 1. The Balaban J connectivity index is 0.00000180. The molecule has 0 bridgehead atoms. The Labute approximate surface area is 115 Å². The summed E-state index contributed by atoms with van der Waals surface area (Å²) in [4.78, 5) is 1.82. The Hall–Kier alpha value is -1.01. The Morgan fingerprint density at radius 2 is 1.95 bits per heavy atom. The van der Waals surface area contributed by atoms with Crippen LogP contribution >= 0.6 is 12.4 Å². The van der Waals surface area contributed by atoms with E-state index in [1.807, 2.05) is 4.90 Å². The third kappa shape index (κ3) is 3.73. The van der Waals surface area contributed by atoms with Crippen LogP contribution in [-0.2, 0) is 6.18 Å². The maximum atomic E-state index is 13.4. The Kier molecular flexibility index (Phi) is 5.04. The number of hydrogen-bond donors (Lipinski definition) is 1. The van der Waals surface area contributed by atoms with E-state index in [1.54, 1.807) is 0 Å². The van der Waals surface area contributed by atoms with Gasteiger partial charge in [-0.1, -0.05) is 0 Å². The van der Waals surface area contributed by atoms with Crippen molar-refractivity contribution < 1.29 is 17.6 Å². The fraction of sp³-hybridized carbons (Fsp3) is 0.500. The zero-order valence-electron chi connectivity index (χ0n) is 10.1. The van der Waals surface area contributed by atoms with Crippen LogP contribution in [0.15, 0.2) is 18.2 Å². The van der Waals surface area contributed by atoms with Crippen molar-refractivity contribution in [3.63, 3.8) is 0 Å². The molecule has 0 aromatic heterocycles. The van der Waals surface area contributed by atoms with Crippen molar-refractivity contribution in [1.82, 2.24) is 0 Å². The molecule has 0 unspecified atom stereocenters. The lowest BCUT2D eigenvalue weighted by Gasteiger charge is -2.32. The second-order valence-electron chi connectivity index (χ2n) is 4.51. The average Bonchev–Trinajstić information content (AvgIpc) is 2.27. The summed E-state index contributed by atoms with van der Waals surface area (Å²) < 4.78 is 50.7. The third-order valence-corrected chi connectivity index (χ3v) is 3.08. The van der Waals surface area contributed by atoms with Crippen molar-refractivity contribution in [2.75, 3.05) is 18.0 Å². The summed E-state index contributed by atoms with van der Waals surface area (Å²) in [6.45, 7) is 1.24. The molecule has 2 rings (SSSR count). The average molecular weight is 299 g/mol. The molecule has 0 spiro atoms. The summed E-state index contributed by atoms with van der Waals surface area (Å²) >= 11 is 0. The largest absolute Gasteiger partial charge is 0.419 e. The van der Waals surface area contributed by atoms with Gasteiger partial charge >= 0.3 is 6.18 Å². The number of benzene rings is 1. The second kappa shape index (κ2) is 5.96. The summed E-state index contributed by atoms with van der Waals surface area (Å²) in [7, 11) is 0. The van der Waals surface area contributed by atoms with Gasteiger partial charge in [0.15, 0.2) is 0 Å². The van der Waals surface area contributed by atoms with E-state index < -0.39 is 17.6 Å². The van der Waals surface area contributed by atoms with E-state index in [4.69, 9.17) is 5.73 Å². The van der Waals surface area contributed by atoms with Crippen LogP contribution in [0.5, 0.6) is 0 Å². The molecule has 1 aliphatic heterocycles. The van der Waals surface area contributed by atoms with E-state index >= 15 is 0 Å². The Bertz CT molecular complexity index is 436. The molecule has 1 aromatic carbocycles. The van der Waals surface area contributed by atoms with E-state index in [9.17, 15) is 17.6 Å². The lowest BCUT2D eigenvalue weighted by molar-refractivity contribution is -0.139. The second-order valence-corrected chi connectivity index (χ2v) is 4.51. The van der Waals surface area contributed by atoms with E-state index in [0.29, 0.717) is 18.8 Å². The van der Waals surface area contributed by atoms with Gasteiger partial charge in [0.05, 0.1) is 5.56 Å². The Morgan fingerprint density at radius 3 is 2.47 bits per heavy atom. The molecule has 1 heterocycles. The molecule has 0 saturated carbocycles. The minimum atomic E-state index is -4.65. The number of piperidine rings is 1. The third-order valence-electron chi connectivity index (χ3n) is 3.08. The normalized spacial score (nSPS) is 20.1. The fourth-order valence-electron chi connectivity index (χ4n) is 2.18. The predicted octanol–water partition coefficient (Wildman–Crippen LogP) is 3.19. The van der Waals surface area contributed by atoms with Crippen LogP contribution in [0, 0.1) is 5.82 Å². The van der Waals surface area contributed by atoms with Crippen molar-refractivity contribution in [3.8, 4) is 0 Å². The van der Waals surface area contributed by atoms with Crippen molar-refractivity contribution in [2.45, 2.75) is 25.1 Å². The fourth-order valence-corrected chi connectivity index (χ4v) is 2.18. The minimum absolute atomic E-state index is 0. The zero-order valence-corrected chi connectivity index (χ0v) is 10.9. The first kappa shape index (κ1) is 16.0. The monoisotopic (exact) mass is 298 g/mol. The van der Waals surface area contributed by atoms with Crippen molar-refractivity contribution >= 4 is 18.1 Å². The van der Waals surface area contributed by atoms with Crippen LogP contribution in [0.1, 0.15) is 18.4 Å². The van der Waals surface area contributed by atoms with Gasteiger partial charge < -0.3 is 10.6 Å². The molecule has 1 aromatic rings. The topological polar surface area (TPSA) is 29.3 Å². The molecule has 7 heteroatoms. The lowest BCUT2D eigenvalue weighted by atomic mass is 10.1. The number of alkyl halides is 3. The molecule has 19 heavy (non-hydrogen) atoms. The van der Waals surface area contributed by atoms with Crippen molar-refractivity contribution in [2.24, 2.45) is 5.73 Å². The molecule has 0 aliphatic carbocycles. The quantitative estimate of drug-likeness (QED) is 0.807. The van der Waals surface area contributed by atoms with Gasteiger partial charge in [0.2, 0.25) is 0 Å². The number of halogens is 5. The van der Waals surface area contributed by atoms with E-state index in [2.05, 4.69) is 0 Å². The molecular weight excluding hydrogens is 284 g/mol. The summed E-state index contributed by atoms with van der Waals surface area (Å²) in [5, 5.41) is 0. The van der Waals surface area contributed by atoms with Gasteiger partial charge in [-0.25, -0.2) is 4.39 Å². The number of anilines is 1. The summed E-state index contributed by atoms with van der Waals surface area (Å²) in [5.41, 5.74) is 5.01. The van der Waals surface area contributed by atoms with Gasteiger partial charge in [-0.15, -0.1) is 12.4 Å². The number of hydrogen-bond acceptors (Lipinski definition) is 2. The molecule has 2 N–H and O–H groups in total. The summed E-state index contributed by atoms with van der Waals surface area (Å²) in [6, 6.07) is 3.00. The smallest absolute Gasteiger partial charge is 0.370 e. The maximum Gasteiger partial charge on any atom is 0.419 e. The van der Waals surface area contributed by atoms with Crippen molar-refractivity contribution in [1.29, 1.82) is 0 Å². The summed E-state index contributed by atoms with van der Waals surface area (Å²) in [6.07, 6.45) is -2.90. The first-order valence-corrected chi connectivity index (χ1v) is 5.75. The Morgan fingerprint density at radius 1 is 1.26 bits per heavy atom. The molecule has 0 radical (unpaired) electrons. The summed E-state index contributed by atoms with van der Waals surface area (Å²) in [5.74, 6) is -1.24. The van der Waals surface area contributed by atoms with Crippen molar-refractivity contribution in [3.05, 3.63) is 29.6 Å². The van der Waals surface area contributed by atoms with Gasteiger partial charge in [-0.05, 0) is 31.0 Å². The van der Waals surface area contributed by atoms with E-state index in [0.717, 1.165) is 25.0 Å². The predicted molar refractivity (Wildman–Crippen MR) is 68.1 cm³/mol. The van der Waals surface area contributed by atoms with Gasteiger partial charge in [-0.3, -0.25) is 0 Å². The highest BCUT2D eigenvalue weighted by atomic mass is 35.5. The van der Waals surface area contributed by atoms with Crippen LogP contribution in [-0.4, -0.2) is 19.1 Å². The molecule has 1 saturated heterocycles. The molecule has 0 amide bonds. The van der Waals surface area contributed by atoms with Gasteiger partial charge in [0.25, 0.3) is 0 Å². The minimum Gasteiger partial charge on any atom is -0.370 e. The molecule has 1 fully saturated rings. The molecule has 1 atom stereocenters. The number of rotatable bonds is 1. The van der Waals surface area contributed by atoms with E-state index in [-0.39, 0.29) is 18.4 Å². The maximum absolute atomic E-state index is 13.4. The van der Waals surface area contributed by atoms with Gasteiger partial charge in [0, 0.05) is 24.8 Å². The molecular formula is C12H15ClF4N2. The molecule has 1 aliphatic rings. The first-order valence-electron chi connectivity index (χ1n) is 5.75. The highest BCUT2D eigenvalue weighted by molar-refractivity contribution is 5.85. The first-order chi connectivity index (χ1) is 8.38. The highest BCUT2D eigenvalue weighted by Gasteiger charge is 2.34. The van der Waals surface area contributed by atoms with Crippen LogP contribution in [0.25, 0.3) is 0 Å². The van der Waals surface area contributed by atoms with Crippen LogP contribution in [0.3, 0.4) is 0 Å². The van der Waals surface area contributed by atoms with Gasteiger partial charge in [-0.2, -0.15) is 13.2 Å². The molecule has 108 valence electrons. The van der Waals surface area contributed by atoms with E-state index in [1.165, 1.54) is 6.07 Å².